The predicted octanol–water partition coefficient (Wildman–Crippen LogP) is 4.21. The largest absolute Gasteiger partial charge is 0.385 e. The van der Waals surface area contributed by atoms with Crippen LogP contribution in [-0.4, -0.2) is 21.1 Å². The van der Waals surface area contributed by atoms with Gasteiger partial charge in [-0.15, -0.1) is 0 Å². The first kappa shape index (κ1) is 15.3. The number of hydrogen-bond acceptors (Lipinski definition) is 3. The lowest BCUT2D eigenvalue weighted by atomic mass is 10.2. The normalized spacial score (nSPS) is 10.9. The van der Waals surface area contributed by atoms with Crippen LogP contribution in [0.3, 0.4) is 0 Å². The number of anilines is 1. The molecule has 0 saturated carbocycles. The third-order valence-electron chi connectivity index (χ3n) is 4.05. The highest BCUT2D eigenvalue weighted by molar-refractivity contribution is 5.78. The Bertz CT molecular complexity index is 995. The monoisotopic (exact) mass is 332 g/mol. The smallest absolute Gasteiger partial charge is 0.125 e. The Morgan fingerprint density at radius 2 is 1.80 bits per heavy atom. The fourth-order valence-electron chi connectivity index (χ4n) is 2.94. The molecule has 0 spiro atoms. The van der Waals surface area contributed by atoms with Gasteiger partial charge in [-0.1, -0.05) is 18.2 Å². The highest BCUT2D eigenvalue weighted by Gasteiger charge is 2.12. The molecule has 4 rings (SSSR count). The molecular weight excluding hydrogens is 315 g/mol. The summed E-state index contributed by atoms with van der Waals surface area (Å²) >= 11 is 0. The summed E-state index contributed by atoms with van der Waals surface area (Å²) in [5.41, 5.74) is 3.69. The minimum absolute atomic E-state index is 0.254. The number of aromatic nitrogens is 3. The molecule has 4 nitrogen and oxygen atoms in total. The molecule has 0 bridgehead atoms. The molecule has 4 aromatic rings. The molecule has 0 aliphatic rings. The van der Waals surface area contributed by atoms with Crippen molar-refractivity contribution >= 4 is 16.7 Å². The van der Waals surface area contributed by atoms with E-state index in [4.69, 9.17) is 4.98 Å². The van der Waals surface area contributed by atoms with Crippen molar-refractivity contribution in [3.63, 3.8) is 0 Å². The Kier molecular flexibility index (Phi) is 4.12. The third-order valence-corrected chi connectivity index (χ3v) is 4.05. The van der Waals surface area contributed by atoms with E-state index in [0.29, 0.717) is 6.42 Å². The van der Waals surface area contributed by atoms with Gasteiger partial charge in [-0.2, -0.15) is 0 Å². The van der Waals surface area contributed by atoms with Gasteiger partial charge in [0.15, 0.2) is 0 Å². The molecule has 2 heterocycles. The lowest BCUT2D eigenvalue weighted by molar-refractivity contribution is 0.626. The van der Waals surface area contributed by atoms with Crippen LogP contribution in [0.5, 0.6) is 0 Å². The summed E-state index contributed by atoms with van der Waals surface area (Å²) in [6, 6.07) is 18.4. The van der Waals surface area contributed by atoms with Crippen LogP contribution in [0.4, 0.5) is 10.1 Å². The van der Waals surface area contributed by atoms with Crippen LogP contribution < -0.4 is 5.32 Å². The van der Waals surface area contributed by atoms with Crippen molar-refractivity contribution in [3.8, 4) is 5.69 Å². The molecule has 0 aliphatic heterocycles. The summed E-state index contributed by atoms with van der Waals surface area (Å²) in [6.07, 6.45) is 4.22. The zero-order valence-electron chi connectivity index (χ0n) is 13.6. The Balaban J connectivity index is 1.67. The molecule has 0 saturated heterocycles. The number of benzene rings is 2. The topological polar surface area (TPSA) is 42.7 Å². The summed E-state index contributed by atoms with van der Waals surface area (Å²) < 4.78 is 15.7. The molecule has 0 aliphatic carbocycles. The Morgan fingerprint density at radius 1 is 0.960 bits per heavy atom. The van der Waals surface area contributed by atoms with E-state index in [9.17, 15) is 4.39 Å². The second-order valence-corrected chi connectivity index (χ2v) is 5.74. The third kappa shape index (κ3) is 3.21. The molecule has 0 unspecified atom stereocenters. The fourth-order valence-corrected chi connectivity index (χ4v) is 2.94. The molecule has 0 amide bonds. The maximum Gasteiger partial charge on any atom is 0.125 e. The number of nitrogens with zero attached hydrogens (tertiary/aromatic N) is 3. The summed E-state index contributed by atoms with van der Waals surface area (Å²) in [4.78, 5) is 8.75. The van der Waals surface area contributed by atoms with Gasteiger partial charge in [-0.05, 0) is 42.5 Å². The van der Waals surface area contributed by atoms with Gasteiger partial charge in [0, 0.05) is 31.0 Å². The first-order valence-corrected chi connectivity index (χ1v) is 8.17. The van der Waals surface area contributed by atoms with Crippen molar-refractivity contribution in [2.45, 2.75) is 6.42 Å². The van der Waals surface area contributed by atoms with Gasteiger partial charge in [-0.25, -0.2) is 9.37 Å². The predicted molar refractivity (Wildman–Crippen MR) is 97.5 cm³/mol. The van der Waals surface area contributed by atoms with Gasteiger partial charge in [0.2, 0.25) is 0 Å². The summed E-state index contributed by atoms with van der Waals surface area (Å²) in [5.74, 6) is 0.643. The standard InChI is InChI=1S/C20H17FN4/c21-15-4-3-5-17(14-15)25-19-7-2-1-6-18(19)24-20(25)10-13-23-16-8-11-22-12-9-16/h1-9,11-12,14H,10,13H2,(H,22,23). The van der Waals surface area contributed by atoms with Crippen molar-refractivity contribution in [1.29, 1.82) is 0 Å². The molecule has 2 aromatic heterocycles. The van der Waals surface area contributed by atoms with Crippen LogP contribution in [0.1, 0.15) is 5.82 Å². The zero-order valence-corrected chi connectivity index (χ0v) is 13.6. The lowest BCUT2D eigenvalue weighted by Crippen LogP contribution is -2.09. The van der Waals surface area contributed by atoms with Crippen molar-refractivity contribution in [1.82, 2.24) is 14.5 Å². The molecule has 124 valence electrons. The van der Waals surface area contributed by atoms with Crippen molar-refractivity contribution in [3.05, 3.63) is 84.7 Å². The SMILES string of the molecule is Fc1cccc(-n2c(CCNc3ccncc3)nc3ccccc32)c1. The van der Waals surface area contributed by atoms with Crippen molar-refractivity contribution in [2.24, 2.45) is 0 Å². The summed E-state index contributed by atoms with van der Waals surface area (Å²) in [6.45, 7) is 0.725. The fraction of sp³-hybridized carbons (Fsp3) is 0.100. The minimum Gasteiger partial charge on any atom is -0.385 e. The van der Waals surface area contributed by atoms with E-state index in [1.807, 2.05) is 47.0 Å². The van der Waals surface area contributed by atoms with Gasteiger partial charge in [0.1, 0.15) is 11.6 Å². The number of hydrogen-bond donors (Lipinski definition) is 1. The first-order valence-electron chi connectivity index (χ1n) is 8.17. The van der Waals surface area contributed by atoms with Crippen LogP contribution in [0, 0.1) is 5.82 Å². The summed E-state index contributed by atoms with van der Waals surface area (Å²) in [5, 5.41) is 3.36. The van der Waals surface area contributed by atoms with E-state index in [2.05, 4.69) is 10.3 Å². The van der Waals surface area contributed by atoms with Gasteiger partial charge in [-0.3, -0.25) is 9.55 Å². The van der Waals surface area contributed by atoms with E-state index < -0.39 is 0 Å². The first-order chi connectivity index (χ1) is 12.3. The number of rotatable bonds is 5. The number of fused-ring (bicyclic) bond motifs is 1. The molecule has 25 heavy (non-hydrogen) atoms. The van der Waals surface area contributed by atoms with Crippen LogP contribution in [-0.2, 0) is 6.42 Å². The van der Waals surface area contributed by atoms with Crippen LogP contribution in [0.15, 0.2) is 73.1 Å². The quantitative estimate of drug-likeness (QED) is 0.595. The maximum atomic E-state index is 13.7. The van der Waals surface area contributed by atoms with Gasteiger partial charge in [0.25, 0.3) is 0 Å². The molecule has 0 radical (unpaired) electrons. The van der Waals surface area contributed by atoms with E-state index >= 15 is 0 Å². The molecular formula is C20H17FN4. The average molecular weight is 332 g/mol. The Morgan fingerprint density at radius 3 is 2.64 bits per heavy atom. The van der Waals surface area contributed by atoms with Gasteiger partial charge >= 0.3 is 0 Å². The zero-order chi connectivity index (χ0) is 17.1. The average Bonchev–Trinajstić information content (AvgIpc) is 3.01. The van der Waals surface area contributed by atoms with Crippen LogP contribution in [0.2, 0.25) is 0 Å². The second kappa shape index (κ2) is 6.73. The van der Waals surface area contributed by atoms with Gasteiger partial charge < -0.3 is 5.32 Å². The minimum atomic E-state index is -0.254. The van der Waals surface area contributed by atoms with E-state index in [-0.39, 0.29) is 5.82 Å². The molecule has 2 aromatic carbocycles. The number of halogens is 1. The van der Waals surface area contributed by atoms with Crippen molar-refractivity contribution in [2.75, 3.05) is 11.9 Å². The maximum absolute atomic E-state index is 13.7. The molecule has 5 heteroatoms. The van der Waals surface area contributed by atoms with Crippen LogP contribution >= 0.6 is 0 Å². The van der Waals surface area contributed by atoms with E-state index in [1.54, 1.807) is 18.5 Å². The molecule has 1 N–H and O–H groups in total. The number of pyridine rings is 1. The Labute approximate surface area is 145 Å². The number of nitrogens with one attached hydrogen (secondary N) is 1. The molecule has 0 fully saturated rings. The number of imidazole rings is 1. The van der Waals surface area contributed by atoms with Crippen molar-refractivity contribution < 1.29 is 4.39 Å². The highest BCUT2D eigenvalue weighted by Crippen LogP contribution is 2.22. The van der Waals surface area contributed by atoms with Gasteiger partial charge in [0.05, 0.1) is 16.7 Å². The lowest BCUT2D eigenvalue weighted by Gasteiger charge is -2.10. The van der Waals surface area contributed by atoms with Crippen LogP contribution in [0.25, 0.3) is 16.7 Å². The van der Waals surface area contributed by atoms with E-state index in [1.165, 1.54) is 12.1 Å². The Hall–Kier alpha value is -3.21. The highest BCUT2D eigenvalue weighted by atomic mass is 19.1. The molecule has 0 atom stereocenters. The number of para-hydroxylation sites is 2. The van der Waals surface area contributed by atoms with E-state index in [0.717, 1.165) is 34.8 Å². The summed E-state index contributed by atoms with van der Waals surface area (Å²) in [7, 11) is 0. The second-order valence-electron chi connectivity index (χ2n) is 5.74.